The predicted molar refractivity (Wildman–Crippen MR) is 104 cm³/mol. The molecule has 30 heavy (non-hydrogen) atoms. The summed E-state index contributed by atoms with van der Waals surface area (Å²) in [5.41, 5.74) is 0.295. The van der Waals surface area contributed by atoms with E-state index in [1.165, 1.54) is 10.9 Å². The van der Waals surface area contributed by atoms with E-state index in [2.05, 4.69) is 20.4 Å². The van der Waals surface area contributed by atoms with Crippen molar-refractivity contribution in [2.45, 2.75) is 50.2 Å². The maximum Gasteiger partial charge on any atom is 0.362 e. The average Bonchev–Trinajstić information content (AvgIpc) is 3.37. The molecule has 2 aromatic rings. The molecule has 0 bridgehead atoms. The van der Waals surface area contributed by atoms with Crippen LogP contribution in [0.25, 0.3) is 11.0 Å². The molecular weight excluding hydrogens is 441 g/mol. The van der Waals surface area contributed by atoms with Gasteiger partial charge in [0.05, 0.1) is 11.6 Å². The summed E-state index contributed by atoms with van der Waals surface area (Å²) in [4.78, 5) is 26.1. The zero-order valence-electron chi connectivity index (χ0n) is 15.6. The summed E-state index contributed by atoms with van der Waals surface area (Å²) in [5.74, 6) is 0.325. The molecule has 2 aromatic heterocycles. The molecule has 0 radical (unpaired) electrons. The van der Waals surface area contributed by atoms with Crippen molar-refractivity contribution in [1.29, 1.82) is 0 Å². The van der Waals surface area contributed by atoms with Gasteiger partial charge in [0.2, 0.25) is 11.5 Å². The maximum atomic E-state index is 10.9. The van der Waals surface area contributed by atoms with E-state index in [1.807, 2.05) is 0 Å². The van der Waals surface area contributed by atoms with Gasteiger partial charge in [-0.25, -0.2) is 4.68 Å². The first-order chi connectivity index (χ1) is 14.2. The third-order valence-corrected chi connectivity index (χ3v) is 5.62. The van der Waals surface area contributed by atoms with Crippen LogP contribution in [0.15, 0.2) is 18.2 Å². The van der Waals surface area contributed by atoms with Crippen molar-refractivity contribution < 1.29 is 34.0 Å². The molecule has 14 heteroatoms. The molecule has 0 aromatic carbocycles. The molecule has 1 aliphatic carbocycles. The molecule has 0 amide bonds. The SMILES string of the molecule is O=P(O)(O)COC=C1O[C@@H](n2ncc3c(NC4CCCC4)nc(Cl)nc32)[C@H](O)[C@@H]1O. The van der Waals surface area contributed by atoms with Crippen LogP contribution in [0, 0.1) is 0 Å². The van der Waals surface area contributed by atoms with E-state index in [1.54, 1.807) is 0 Å². The number of nitrogens with one attached hydrogen (secondary N) is 1. The van der Waals surface area contributed by atoms with Gasteiger partial charge < -0.3 is 34.8 Å². The second kappa shape index (κ2) is 8.29. The number of anilines is 1. The minimum absolute atomic E-state index is 0.0153. The lowest BCUT2D eigenvalue weighted by atomic mass is 10.2. The number of hydrogen-bond donors (Lipinski definition) is 5. The highest BCUT2D eigenvalue weighted by molar-refractivity contribution is 7.51. The van der Waals surface area contributed by atoms with E-state index in [-0.39, 0.29) is 17.1 Å². The third-order valence-electron chi connectivity index (χ3n) is 4.97. The molecule has 1 saturated heterocycles. The molecule has 164 valence electrons. The van der Waals surface area contributed by atoms with Crippen molar-refractivity contribution in [2.75, 3.05) is 11.7 Å². The number of fused-ring (bicyclic) bond motifs is 1. The zero-order valence-corrected chi connectivity index (χ0v) is 17.3. The Labute approximate surface area is 175 Å². The topological polar surface area (TPSA) is 172 Å². The second-order valence-electron chi connectivity index (χ2n) is 7.22. The molecule has 2 fully saturated rings. The number of aliphatic hydroxyl groups is 2. The van der Waals surface area contributed by atoms with E-state index in [9.17, 15) is 14.8 Å². The molecular formula is C16H21ClN5O7P. The average molecular weight is 462 g/mol. The Balaban J connectivity index is 1.60. The van der Waals surface area contributed by atoms with Gasteiger partial charge in [-0.05, 0) is 24.4 Å². The molecule has 3 heterocycles. The highest BCUT2D eigenvalue weighted by Gasteiger charge is 2.43. The molecule has 12 nitrogen and oxygen atoms in total. The fourth-order valence-electron chi connectivity index (χ4n) is 3.57. The van der Waals surface area contributed by atoms with E-state index in [4.69, 9.17) is 30.9 Å². The molecule has 4 rings (SSSR count). The smallest absolute Gasteiger partial charge is 0.362 e. The fourth-order valence-corrected chi connectivity index (χ4v) is 4.00. The van der Waals surface area contributed by atoms with E-state index in [0.29, 0.717) is 16.9 Å². The Bertz CT molecular complexity index is 1010. The van der Waals surface area contributed by atoms with Gasteiger partial charge >= 0.3 is 7.60 Å². The fraction of sp³-hybridized carbons (Fsp3) is 0.562. The molecule has 1 saturated carbocycles. The van der Waals surface area contributed by atoms with Gasteiger partial charge in [0.25, 0.3) is 0 Å². The number of halogens is 1. The summed E-state index contributed by atoms with van der Waals surface area (Å²) in [5, 5.41) is 28.7. The predicted octanol–water partition coefficient (Wildman–Crippen LogP) is 1.08. The first-order valence-corrected chi connectivity index (χ1v) is 11.5. The van der Waals surface area contributed by atoms with Crippen LogP contribution in [0.4, 0.5) is 5.82 Å². The number of rotatable bonds is 6. The number of hydrogen-bond acceptors (Lipinski definition) is 9. The standard InChI is InChI=1S/C16H21ClN5O7P/c17-16-20-13(19-8-3-1-2-4-8)9-5-18-22(14(9)21-16)15-12(24)11(23)10(29-15)6-28-7-30(25,26)27/h5-6,8,11-12,15,23-24H,1-4,7H2,(H,19,20,21)(H2,25,26,27)/t11-,12-,15-/m1/s1. The minimum Gasteiger partial charge on any atom is -0.485 e. The van der Waals surface area contributed by atoms with Crippen LogP contribution < -0.4 is 5.32 Å². The molecule has 5 N–H and O–H groups in total. The summed E-state index contributed by atoms with van der Waals surface area (Å²) in [6, 6.07) is 0.276. The van der Waals surface area contributed by atoms with Crippen LogP contribution in [0.3, 0.4) is 0 Å². The summed E-state index contributed by atoms with van der Waals surface area (Å²) < 4.78 is 22.4. The van der Waals surface area contributed by atoms with E-state index < -0.39 is 32.4 Å². The third kappa shape index (κ3) is 4.39. The van der Waals surface area contributed by atoms with Crippen LogP contribution in [0.5, 0.6) is 0 Å². The Kier molecular flexibility index (Phi) is 5.88. The van der Waals surface area contributed by atoms with Gasteiger partial charge in [0.15, 0.2) is 17.8 Å². The molecule has 3 atom stereocenters. The van der Waals surface area contributed by atoms with Crippen LogP contribution in [-0.2, 0) is 14.0 Å². The summed E-state index contributed by atoms with van der Waals surface area (Å²) in [6.45, 7) is 0. The van der Waals surface area contributed by atoms with E-state index in [0.717, 1.165) is 31.9 Å². The number of aromatic nitrogens is 4. The molecule has 0 unspecified atom stereocenters. The maximum absolute atomic E-state index is 10.9. The highest BCUT2D eigenvalue weighted by Crippen LogP contribution is 2.37. The van der Waals surface area contributed by atoms with Crippen molar-refractivity contribution >= 4 is 36.0 Å². The van der Waals surface area contributed by atoms with Crippen molar-refractivity contribution in [3.63, 3.8) is 0 Å². The molecule has 0 spiro atoms. The van der Waals surface area contributed by atoms with Gasteiger partial charge in [0.1, 0.15) is 24.3 Å². The Morgan fingerprint density at radius 1 is 1.33 bits per heavy atom. The lowest BCUT2D eigenvalue weighted by Gasteiger charge is -2.16. The monoisotopic (exact) mass is 461 g/mol. The second-order valence-corrected chi connectivity index (χ2v) is 9.14. The van der Waals surface area contributed by atoms with Crippen LogP contribution in [-0.4, -0.2) is 64.3 Å². The summed E-state index contributed by atoms with van der Waals surface area (Å²) in [7, 11) is -4.40. The highest BCUT2D eigenvalue weighted by atomic mass is 35.5. The lowest BCUT2D eigenvalue weighted by Crippen LogP contribution is -2.28. The zero-order chi connectivity index (χ0) is 21.5. The quantitative estimate of drug-likeness (QED) is 0.236. The van der Waals surface area contributed by atoms with Gasteiger partial charge in [0, 0.05) is 6.04 Å². The molecule has 1 aliphatic heterocycles. The Hall–Kier alpha value is -1.95. The van der Waals surface area contributed by atoms with Gasteiger partial charge in [-0.15, -0.1) is 0 Å². The number of aliphatic hydroxyl groups excluding tert-OH is 2. The van der Waals surface area contributed by atoms with Crippen molar-refractivity contribution in [3.05, 3.63) is 23.5 Å². The number of ether oxygens (including phenoxy) is 2. The Morgan fingerprint density at radius 2 is 2.07 bits per heavy atom. The van der Waals surface area contributed by atoms with Gasteiger partial charge in [-0.2, -0.15) is 15.1 Å². The van der Waals surface area contributed by atoms with Crippen molar-refractivity contribution in [1.82, 2.24) is 19.7 Å². The summed E-state index contributed by atoms with van der Waals surface area (Å²) in [6.07, 6.45) is 1.72. The first kappa shape index (κ1) is 21.3. The van der Waals surface area contributed by atoms with Gasteiger partial charge in [-0.1, -0.05) is 12.8 Å². The first-order valence-electron chi connectivity index (χ1n) is 9.29. The van der Waals surface area contributed by atoms with Crippen LogP contribution in [0.1, 0.15) is 31.9 Å². The van der Waals surface area contributed by atoms with Gasteiger partial charge in [-0.3, -0.25) is 4.57 Å². The van der Waals surface area contributed by atoms with Crippen molar-refractivity contribution in [2.24, 2.45) is 0 Å². The van der Waals surface area contributed by atoms with E-state index >= 15 is 0 Å². The van der Waals surface area contributed by atoms with Crippen LogP contribution in [0.2, 0.25) is 5.28 Å². The largest absolute Gasteiger partial charge is 0.485 e. The number of nitrogens with zero attached hydrogens (tertiary/aromatic N) is 4. The minimum atomic E-state index is -4.40. The van der Waals surface area contributed by atoms with Crippen LogP contribution >= 0.6 is 19.2 Å². The lowest BCUT2D eigenvalue weighted by molar-refractivity contribution is -0.0186. The summed E-state index contributed by atoms with van der Waals surface area (Å²) >= 11 is 6.09. The Morgan fingerprint density at radius 3 is 2.77 bits per heavy atom. The van der Waals surface area contributed by atoms with Crippen molar-refractivity contribution in [3.8, 4) is 0 Å². The molecule has 2 aliphatic rings. The normalized spacial score (nSPS) is 26.4.